The van der Waals surface area contributed by atoms with Crippen molar-refractivity contribution < 1.29 is 14.2 Å². The van der Waals surface area contributed by atoms with Crippen LogP contribution in [0.25, 0.3) is 0 Å². The lowest BCUT2D eigenvalue weighted by Crippen LogP contribution is -2.20. The summed E-state index contributed by atoms with van der Waals surface area (Å²) >= 11 is 0. The Kier molecular flexibility index (Phi) is 5.91. The van der Waals surface area contributed by atoms with Gasteiger partial charge in [-0.05, 0) is 30.3 Å². The van der Waals surface area contributed by atoms with Gasteiger partial charge in [-0.3, -0.25) is 0 Å². The van der Waals surface area contributed by atoms with Crippen molar-refractivity contribution in [3.05, 3.63) is 54.1 Å². The molecule has 4 heteroatoms. The predicted molar refractivity (Wildman–Crippen MR) is 83.2 cm³/mol. The third-order valence-corrected chi connectivity index (χ3v) is 3.11. The molecule has 2 rings (SSSR count). The normalized spacial score (nSPS) is 10.2. The van der Waals surface area contributed by atoms with E-state index in [1.54, 1.807) is 14.2 Å². The highest BCUT2D eigenvalue weighted by molar-refractivity contribution is 5.33. The summed E-state index contributed by atoms with van der Waals surface area (Å²) in [7, 11) is 3.34. The van der Waals surface area contributed by atoms with E-state index in [1.165, 1.54) is 0 Å². The van der Waals surface area contributed by atoms with Gasteiger partial charge in [0.1, 0.15) is 23.9 Å². The monoisotopic (exact) mass is 287 g/mol. The van der Waals surface area contributed by atoms with Crippen LogP contribution in [0.2, 0.25) is 0 Å². The topological polar surface area (TPSA) is 39.7 Å². The molecule has 0 unspecified atom stereocenters. The van der Waals surface area contributed by atoms with Crippen molar-refractivity contribution in [2.24, 2.45) is 0 Å². The lowest BCUT2D eigenvalue weighted by Gasteiger charge is -2.10. The molecule has 0 atom stereocenters. The van der Waals surface area contributed by atoms with E-state index in [9.17, 15) is 0 Å². The molecule has 0 aromatic heterocycles. The van der Waals surface area contributed by atoms with E-state index in [-0.39, 0.29) is 0 Å². The molecule has 4 nitrogen and oxygen atoms in total. The van der Waals surface area contributed by atoms with Crippen molar-refractivity contribution >= 4 is 0 Å². The number of hydrogen-bond acceptors (Lipinski definition) is 4. The highest BCUT2D eigenvalue weighted by Crippen LogP contribution is 2.17. The van der Waals surface area contributed by atoms with Crippen LogP contribution in [0, 0.1) is 0 Å². The largest absolute Gasteiger partial charge is 0.497 e. The van der Waals surface area contributed by atoms with Crippen LogP contribution in [0.5, 0.6) is 17.2 Å². The second-order valence-corrected chi connectivity index (χ2v) is 4.51. The summed E-state index contributed by atoms with van der Waals surface area (Å²) in [5.41, 5.74) is 1.14. The van der Waals surface area contributed by atoms with Crippen LogP contribution in [0.4, 0.5) is 0 Å². The van der Waals surface area contributed by atoms with Gasteiger partial charge in [0.15, 0.2) is 0 Å². The van der Waals surface area contributed by atoms with Crippen molar-refractivity contribution in [2.45, 2.75) is 6.54 Å². The summed E-state index contributed by atoms with van der Waals surface area (Å²) < 4.78 is 16.1. The van der Waals surface area contributed by atoms with Crippen LogP contribution in [0.15, 0.2) is 48.5 Å². The summed E-state index contributed by atoms with van der Waals surface area (Å²) in [6.07, 6.45) is 0. The molecule has 1 N–H and O–H groups in total. The summed E-state index contributed by atoms with van der Waals surface area (Å²) in [6.45, 7) is 2.14. The van der Waals surface area contributed by atoms with Gasteiger partial charge in [-0.2, -0.15) is 0 Å². The number of rotatable bonds is 8. The van der Waals surface area contributed by atoms with Gasteiger partial charge in [-0.15, -0.1) is 0 Å². The minimum absolute atomic E-state index is 0.613. The molecule has 0 amide bonds. The molecule has 0 fully saturated rings. The number of methoxy groups -OCH3 is 2. The average molecular weight is 287 g/mol. The lowest BCUT2D eigenvalue weighted by molar-refractivity contribution is 0.312. The number of ether oxygens (including phenoxy) is 3. The third kappa shape index (κ3) is 4.68. The van der Waals surface area contributed by atoms with E-state index in [4.69, 9.17) is 14.2 Å². The first kappa shape index (κ1) is 15.2. The summed E-state index contributed by atoms with van der Waals surface area (Å²) in [5, 5.41) is 3.34. The SMILES string of the molecule is COc1ccc(OCCNCc2ccccc2OC)cc1. The maximum atomic E-state index is 5.65. The first-order chi connectivity index (χ1) is 10.3. The van der Waals surface area contributed by atoms with Crippen LogP contribution in [-0.4, -0.2) is 27.4 Å². The lowest BCUT2D eigenvalue weighted by atomic mass is 10.2. The fourth-order valence-corrected chi connectivity index (χ4v) is 1.99. The number of para-hydroxylation sites is 1. The van der Waals surface area contributed by atoms with E-state index < -0.39 is 0 Å². The number of benzene rings is 2. The van der Waals surface area contributed by atoms with Crippen molar-refractivity contribution in [3.63, 3.8) is 0 Å². The highest BCUT2D eigenvalue weighted by Gasteiger charge is 2.00. The van der Waals surface area contributed by atoms with E-state index in [2.05, 4.69) is 11.4 Å². The van der Waals surface area contributed by atoms with Gasteiger partial charge in [-0.1, -0.05) is 18.2 Å². The molecule has 2 aromatic carbocycles. The Morgan fingerprint density at radius 2 is 1.57 bits per heavy atom. The van der Waals surface area contributed by atoms with Crippen LogP contribution in [0.3, 0.4) is 0 Å². The summed E-state index contributed by atoms with van der Waals surface area (Å²) in [5.74, 6) is 2.58. The molecule has 112 valence electrons. The first-order valence-electron chi connectivity index (χ1n) is 6.93. The third-order valence-electron chi connectivity index (χ3n) is 3.11. The van der Waals surface area contributed by atoms with Gasteiger partial charge in [-0.25, -0.2) is 0 Å². The van der Waals surface area contributed by atoms with E-state index in [0.717, 1.165) is 35.9 Å². The van der Waals surface area contributed by atoms with E-state index >= 15 is 0 Å². The minimum Gasteiger partial charge on any atom is -0.497 e. The fourth-order valence-electron chi connectivity index (χ4n) is 1.99. The molecule has 0 aliphatic heterocycles. The van der Waals surface area contributed by atoms with Gasteiger partial charge in [0.2, 0.25) is 0 Å². The molecular weight excluding hydrogens is 266 g/mol. The van der Waals surface area contributed by atoms with Gasteiger partial charge in [0.25, 0.3) is 0 Å². The standard InChI is InChI=1S/C17H21NO3/c1-19-15-7-9-16(10-8-15)21-12-11-18-13-14-5-3-4-6-17(14)20-2/h3-10,18H,11-13H2,1-2H3. The maximum absolute atomic E-state index is 5.65. The van der Waals surface area contributed by atoms with E-state index in [1.807, 2.05) is 42.5 Å². The molecule has 0 bridgehead atoms. The van der Waals surface area contributed by atoms with Gasteiger partial charge >= 0.3 is 0 Å². The zero-order valence-corrected chi connectivity index (χ0v) is 12.5. The van der Waals surface area contributed by atoms with Crippen molar-refractivity contribution in [3.8, 4) is 17.2 Å². The van der Waals surface area contributed by atoms with E-state index in [0.29, 0.717) is 6.61 Å². The maximum Gasteiger partial charge on any atom is 0.123 e. The van der Waals surface area contributed by atoms with Crippen LogP contribution < -0.4 is 19.5 Å². The summed E-state index contributed by atoms with van der Waals surface area (Å²) in [6, 6.07) is 15.6. The molecule has 0 aliphatic rings. The Morgan fingerprint density at radius 1 is 0.857 bits per heavy atom. The van der Waals surface area contributed by atoms with Crippen LogP contribution in [0.1, 0.15) is 5.56 Å². The molecule has 2 aromatic rings. The van der Waals surface area contributed by atoms with Gasteiger partial charge in [0, 0.05) is 18.7 Å². The van der Waals surface area contributed by atoms with Gasteiger partial charge in [0.05, 0.1) is 14.2 Å². The Morgan fingerprint density at radius 3 is 2.29 bits per heavy atom. The van der Waals surface area contributed by atoms with Crippen LogP contribution in [-0.2, 0) is 6.54 Å². The van der Waals surface area contributed by atoms with Crippen LogP contribution >= 0.6 is 0 Å². The first-order valence-corrected chi connectivity index (χ1v) is 6.93. The zero-order chi connectivity index (χ0) is 14.9. The number of nitrogens with one attached hydrogen (secondary N) is 1. The smallest absolute Gasteiger partial charge is 0.123 e. The Balaban J connectivity index is 1.70. The Labute approximate surface area is 125 Å². The molecule has 0 spiro atoms. The number of hydrogen-bond donors (Lipinski definition) is 1. The molecule has 0 aliphatic carbocycles. The Bertz CT molecular complexity index is 540. The Hall–Kier alpha value is -2.20. The van der Waals surface area contributed by atoms with Crippen molar-refractivity contribution in [1.29, 1.82) is 0 Å². The molecule has 21 heavy (non-hydrogen) atoms. The molecule has 0 saturated carbocycles. The molecule has 0 heterocycles. The quantitative estimate of drug-likeness (QED) is 0.758. The zero-order valence-electron chi connectivity index (χ0n) is 12.5. The van der Waals surface area contributed by atoms with Crippen molar-refractivity contribution in [2.75, 3.05) is 27.4 Å². The average Bonchev–Trinajstić information content (AvgIpc) is 2.55. The molecule has 0 radical (unpaired) electrons. The highest BCUT2D eigenvalue weighted by atomic mass is 16.5. The van der Waals surface area contributed by atoms with Crippen molar-refractivity contribution in [1.82, 2.24) is 5.32 Å². The second-order valence-electron chi connectivity index (χ2n) is 4.51. The van der Waals surface area contributed by atoms with Gasteiger partial charge < -0.3 is 19.5 Å². The molecular formula is C17H21NO3. The summed E-state index contributed by atoms with van der Waals surface area (Å²) in [4.78, 5) is 0. The second kappa shape index (κ2) is 8.17. The predicted octanol–water partition coefficient (Wildman–Crippen LogP) is 2.87. The fraction of sp³-hybridized carbons (Fsp3) is 0.294. The molecule has 0 saturated heterocycles. The minimum atomic E-state index is 0.613.